The predicted molar refractivity (Wildman–Crippen MR) is 123 cm³/mol. The van der Waals surface area contributed by atoms with Gasteiger partial charge in [-0.05, 0) is 50.2 Å². The average molecular weight is 435 g/mol. The fourth-order valence-corrected chi connectivity index (χ4v) is 3.49. The summed E-state index contributed by atoms with van der Waals surface area (Å²) in [5.74, 6) is 2.83. The van der Waals surface area contributed by atoms with E-state index in [4.69, 9.17) is 19.2 Å². The molecule has 4 rings (SSSR count). The van der Waals surface area contributed by atoms with Gasteiger partial charge in [0.1, 0.15) is 17.2 Å². The number of fused-ring (bicyclic) bond motifs is 1. The van der Waals surface area contributed by atoms with Gasteiger partial charge in [0.05, 0.1) is 20.8 Å². The molecule has 0 spiro atoms. The maximum absolute atomic E-state index is 12.9. The van der Waals surface area contributed by atoms with E-state index in [0.29, 0.717) is 41.3 Å². The Morgan fingerprint density at radius 2 is 1.81 bits per heavy atom. The number of rotatable bonds is 6. The average Bonchev–Trinajstić information content (AvgIpc) is 2.79. The van der Waals surface area contributed by atoms with Gasteiger partial charge < -0.3 is 19.5 Å². The van der Waals surface area contributed by atoms with Gasteiger partial charge in [0.2, 0.25) is 11.9 Å². The molecule has 0 bridgehead atoms. The first kappa shape index (κ1) is 21.2. The zero-order chi connectivity index (χ0) is 22.7. The highest BCUT2D eigenvalue weighted by molar-refractivity contribution is 6.03. The third kappa shape index (κ3) is 4.22. The van der Waals surface area contributed by atoms with E-state index in [9.17, 15) is 4.79 Å². The molecule has 1 aliphatic heterocycles. The van der Waals surface area contributed by atoms with Crippen molar-refractivity contribution in [3.8, 4) is 17.2 Å². The lowest BCUT2D eigenvalue weighted by molar-refractivity contribution is 0.340. The van der Waals surface area contributed by atoms with Crippen LogP contribution in [0.15, 0.2) is 58.3 Å². The highest BCUT2D eigenvalue weighted by Gasteiger charge is 2.27. The zero-order valence-corrected chi connectivity index (χ0v) is 18.4. The van der Waals surface area contributed by atoms with E-state index < -0.39 is 6.17 Å². The first-order valence-electron chi connectivity index (χ1n) is 10.2. The smallest absolute Gasteiger partial charge is 0.257 e. The molecule has 2 N–H and O–H groups in total. The Labute approximate surface area is 185 Å². The lowest BCUT2D eigenvalue weighted by Crippen LogP contribution is -2.37. The molecule has 9 nitrogen and oxygen atoms in total. The summed E-state index contributed by atoms with van der Waals surface area (Å²) in [6.45, 7) is 4.32. The second-order valence-corrected chi connectivity index (χ2v) is 7.10. The third-order valence-corrected chi connectivity index (χ3v) is 4.95. The molecule has 1 aliphatic rings. The molecule has 0 fully saturated rings. The Morgan fingerprint density at radius 1 is 1.06 bits per heavy atom. The van der Waals surface area contributed by atoms with Crippen LogP contribution in [0.5, 0.6) is 17.2 Å². The van der Waals surface area contributed by atoms with Crippen molar-refractivity contribution >= 4 is 17.6 Å². The van der Waals surface area contributed by atoms with Crippen molar-refractivity contribution in [2.75, 3.05) is 31.5 Å². The normalized spacial score (nSPS) is 14.6. The molecule has 0 radical (unpaired) electrons. The Balaban J connectivity index is 1.76. The van der Waals surface area contributed by atoms with Crippen LogP contribution in [0.4, 0.5) is 11.6 Å². The van der Waals surface area contributed by atoms with Gasteiger partial charge in [-0.1, -0.05) is 0 Å². The van der Waals surface area contributed by atoms with Gasteiger partial charge in [-0.3, -0.25) is 14.7 Å². The second kappa shape index (κ2) is 9.01. The fraction of sp³-hybridized carbons (Fsp3) is 0.261. The number of nitrogens with one attached hydrogen (secondary N) is 2. The van der Waals surface area contributed by atoms with Gasteiger partial charge in [-0.2, -0.15) is 0 Å². The molecule has 1 atom stereocenters. The maximum Gasteiger partial charge on any atom is 0.257 e. The van der Waals surface area contributed by atoms with Crippen LogP contribution in [0.1, 0.15) is 24.3 Å². The largest absolute Gasteiger partial charge is 0.497 e. The molecular weight excluding hydrogens is 410 g/mol. The first-order valence-corrected chi connectivity index (χ1v) is 10.2. The monoisotopic (exact) mass is 435 g/mol. The van der Waals surface area contributed by atoms with Crippen LogP contribution in [0.25, 0.3) is 0 Å². The lowest BCUT2D eigenvalue weighted by Gasteiger charge is -2.28. The summed E-state index contributed by atoms with van der Waals surface area (Å²) in [4.78, 5) is 22.2. The van der Waals surface area contributed by atoms with Crippen LogP contribution in [-0.2, 0) is 0 Å². The van der Waals surface area contributed by atoms with Crippen molar-refractivity contribution in [1.29, 1.82) is 0 Å². The summed E-state index contributed by atoms with van der Waals surface area (Å²) in [6.07, 6.45) is -0.682. The number of hydrogen-bond acceptors (Lipinski definition) is 8. The molecule has 0 amide bonds. The Morgan fingerprint density at radius 3 is 2.50 bits per heavy atom. The molecule has 2 heterocycles. The molecule has 32 heavy (non-hydrogen) atoms. The Hall–Kier alpha value is -4.01. The molecule has 2 aromatic carbocycles. The predicted octanol–water partition coefficient (Wildman–Crippen LogP) is 3.41. The number of methoxy groups -OCH3 is 2. The standard InChI is InChI=1S/C23H25N5O4/c1-5-32-16-8-6-15(7-9-16)25-22-26-21(18-11-10-17(30-3)13-19(18)31-4)28-20(29)12-14(2)24-23(28)27-22/h6-13,21H,5H2,1-4H3,(H2,24,25,26,27). The minimum absolute atomic E-state index is 0.216. The van der Waals surface area contributed by atoms with Crippen LogP contribution in [0.3, 0.4) is 0 Å². The van der Waals surface area contributed by atoms with E-state index in [1.807, 2.05) is 37.3 Å². The number of aryl methyl sites for hydroxylation is 1. The molecule has 0 aliphatic carbocycles. The minimum Gasteiger partial charge on any atom is -0.497 e. The lowest BCUT2D eigenvalue weighted by atomic mass is 10.1. The summed E-state index contributed by atoms with van der Waals surface area (Å²) in [7, 11) is 3.15. The molecule has 1 unspecified atom stereocenters. The number of guanidine groups is 1. The SMILES string of the molecule is CCOc1ccc(NC2=NC(c3ccc(OC)cc3OC)n3c(nc(C)cc3=O)N2)cc1. The highest BCUT2D eigenvalue weighted by Crippen LogP contribution is 2.34. The zero-order valence-electron chi connectivity index (χ0n) is 18.4. The van der Waals surface area contributed by atoms with E-state index in [-0.39, 0.29) is 5.56 Å². The molecule has 0 saturated carbocycles. The fourth-order valence-electron chi connectivity index (χ4n) is 3.49. The van der Waals surface area contributed by atoms with Crippen LogP contribution < -0.4 is 30.4 Å². The van der Waals surface area contributed by atoms with Gasteiger partial charge in [-0.25, -0.2) is 9.98 Å². The number of aliphatic imine (C=N–C) groups is 1. The van der Waals surface area contributed by atoms with Gasteiger partial charge >= 0.3 is 0 Å². The first-order chi connectivity index (χ1) is 15.5. The summed E-state index contributed by atoms with van der Waals surface area (Å²) in [5.41, 5.74) is 1.90. The number of benzene rings is 2. The van der Waals surface area contributed by atoms with Crippen LogP contribution >= 0.6 is 0 Å². The Kier molecular flexibility index (Phi) is 5.98. The summed E-state index contributed by atoms with van der Waals surface area (Å²) in [5, 5.41) is 6.37. The van der Waals surface area contributed by atoms with E-state index >= 15 is 0 Å². The number of aromatic nitrogens is 2. The van der Waals surface area contributed by atoms with Gasteiger partial charge in [0, 0.05) is 29.1 Å². The molecular formula is C23H25N5O4. The van der Waals surface area contributed by atoms with Crippen LogP contribution in [-0.4, -0.2) is 36.3 Å². The van der Waals surface area contributed by atoms with Crippen molar-refractivity contribution in [3.05, 3.63) is 70.1 Å². The highest BCUT2D eigenvalue weighted by atomic mass is 16.5. The maximum atomic E-state index is 12.9. The van der Waals surface area contributed by atoms with E-state index in [1.54, 1.807) is 33.3 Å². The molecule has 3 aromatic rings. The van der Waals surface area contributed by atoms with E-state index in [1.165, 1.54) is 10.6 Å². The molecule has 1 aromatic heterocycles. The van der Waals surface area contributed by atoms with Crippen LogP contribution in [0.2, 0.25) is 0 Å². The third-order valence-electron chi connectivity index (χ3n) is 4.95. The van der Waals surface area contributed by atoms with Crippen molar-refractivity contribution in [3.63, 3.8) is 0 Å². The van der Waals surface area contributed by atoms with E-state index in [2.05, 4.69) is 15.6 Å². The number of hydrogen-bond donors (Lipinski definition) is 2. The van der Waals surface area contributed by atoms with Crippen molar-refractivity contribution in [1.82, 2.24) is 9.55 Å². The van der Waals surface area contributed by atoms with Crippen molar-refractivity contribution in [2.45, 2.75) is 20.0 Å². The van der Waals surface area contributed by atoms with Gasteiger partial charge in [0.25, 0.3) is 5.56 Å². The molecule has 166 valence electrons. The minimum atomic E-state index is -0.682. The Bertz CT molecular complexity index is 1200. The number of ether oxygens (including phenoxy) is 3. The summed E-state index contributed by atoms with van der Waals surface area (Å²) in [6, 6.07) is 14.4. The van der Waals surface area contributed by atoms with Gasteiger partial charge in [-0.15, -0.1) is 0 Å². The topological polar surface area (TPSA) is 99.0 Å². The van der Waals surface area contributed by atoms with Gasteiger partial charge in [0.15, 0.2) is 6.17 Å². The molecule has 9 heteroatoms. The van der Waals surface area contributed by atoms with Crippen LogP contribution in [0, 0.1) is 6.92 Å². The van der Waals surface area contributed by atoms with Crippen molar-refractivity contribution in [2.24, 2.45) is 4.99 Å². The second-order valence-electron chi connectivity index (χ2n) is 7.10. The number of nitrogens with zero attached hydrogens (tertiary/aromatic N) is 3. The van der Waals surface area contributed by atoms with Crippen molar-refractivity contribution < 1.29 is 14.2 Å². The summed E-state index contributed by atoms with van der Waals surface area (Å²) < 4.78 is 17.9. The summed E-state index contributed by atoms with van der Waals surface area (Å²) >= 11 is 0. The quantitative estimate of drug-likeness (QED) is 0.612. The molecule has 0 saturated heterocycles. The van der Waals surface area contributed by atoms with E-state index in [0.717, 1.165) is 11.4 Å². The number of anilines is 2.